The molecule has 1 aliphatic rings. The van der Waals surface area contributed by atoms with Crippen molar-refractivity contribution in [2.45, 2.75) is 37.0 Å². The lowest BCUT2D eigenvalue weighted by molar-refractivity contribution is 0.0953. The van der Waals surface area contributed by atoms with Crippen molar-refractivity contribution in [3.63, 3.8) is 0 Å². The Morgan fingerprint density at radius 3 is 2.46 bits per heavy atom. The molecule has 2 aromatic carbocycles. The van der Waals surface area contributed by atoms with Crippen LogP contribution in [0.1, 0.15) is 41.6 Å². The molecule has 0 saturated carbocycles. The zero-order valence-corrected chi connectivity index (χ0v) is 16.6. The van der Waals surface area contributed by atoms with Crippen molar-refractivity contribution in [3.8, 4) is 0 Å². The number of hydrogen-bond donors (Lipinski definition) is 1. The van der Waals surface area contributed by atoms with E-state index in [1.165, 1.54) is 15.9 Å². The fourth-order valence-corrected chi connectivity index (χ4v) is 4.94. The van der Waals surface area contributed by atoms with Gasteiger partial charge in [0.25, 0.3) is 5.91 Å². The van der Waals surface area contributed by atoms with E-state index in [-0.39, 0.29) is 5.56 Å². The Morgan fingerprint density at radius 2 is 1.75 bits per heavy atom. The molecule has 0 unspecified atom stereocenters. The lowest BCUT2D eigenvalue weighted by Gasteiger charge is -2.26. The Morgan fingerprint density at radius 1 is 1.04 bits per heavy atom. The van der Waals surface area contributed by atoms with Gasteiger partial charge in [-0.1, -0.05) is 36.8 Å². The van der Waals surface area contributed by atoms with E-state index in [9.17, 15) is 17.6 Å². The van der Waals surface area contributed by atoms with Crippen molar-refractivity contribution >= 4 is 15.9 Å². The van der Waals surface area contributed by atoms with E-state index in [2.05, 4.69) is 5.32 Å². The van der Waals surface area contributed by atoms with Crippen LogP contribution in [0, 0.1) is 5.82 Å². The predicted octanol–water partition coefficient (Wildman–Crippen LogP) is 3.36. The van der Waals surface area contributed by atoms with Crippen LogP contribution in [-0.4, -0.2) is 38.3 Å². The molecule has 1 aliphatic heterocycles. The van der Waals surface area contributed by atoms with E-state index in [1.807, 2.05) is 30.3 Å². The van der Waals surface area contributed by atoms with Crippen LogP contribution in [0.5, 0.6) is 0 Å². The first-order valence-corrected chi connectivity index (χ1v) is 11.0. The molecule has 2 aromatic rings. The van der Waals surface area contributed by atoms with Crippen molar-refractivity contribution < 1.29 is 17.6 Å². The van der Waals surface area contributed by atoms with Crippen LogP contribution in [-0.2, 0) is 16.4 Å². The SMILES string of the molecule is O=C(NCCCc1ccccc1)c1ccc(F)c(S(=O)(=O)N2CCCCC2)c1. The number of sulfonamides is 1. The molecule has 0 spiro atoms. The molecular formula is C21H25FN2O3S. The van der Waals surface area contributed by atoms with Gasteiger partial charge in [-0.15, -0.1) is 0 Å². The quantitative estimate of drug-likeness (QED) is 0.720. The molecule has 0 aliphatic carbocycles. The van der Waals surface area contributed by atoms with Crippen molar-refractivity contribution in [2.75, 3.05) is 19.6 Å². The van der Waals surface area contributed by atoms with Crippen LogP contribution >= 0.6 is 0 Å². The normalized spacial score (nSPS) is 15.3. The Hall–Kier alpha value is -2.25. The average Bonchev–Trinajstić information content (AvgIpc) is 2.72. The van der Waals surface area contributed by atoms with Crippen LogP contribution in [0.25, 0.3) is 0 Å². The molecule has 7 heteroatoms. The summed E-state index contributed by atoms with van der Waals surface area (Å²) < 4.78 is 41.1. The van der Waals surface area contributed by atoms with Crippen molar-refractivity contribution in [3.05, 3.63) is 65.5 Å². The molecule has 150 valence electrons. The number of piperidine rings is 1. The monoisotopic (exact) mass is 404 g/mol. The summed E-state index contributed by atoms with van der Waals surface area (Å²) >= 11 is 0. The van der Waals surface area contributed by atoms with Gasteiger partial charge in [0.1, 0.15) is 10.7 Å². The van der Waals surface area contributed by atoms with Gasteiger partial charge in [-0.25, -0.2) is 12.8 Å². The number of hydrogen-bond acceptors (Lipinski definition) is 3. The largest absolute Gasteiger partial charge is 0.352 e. The highest BCUT2D eigenvalue weighted by Gasteiger charge is 2.29. The molecule has 3 rings (SSSR count). The summed E-state index contributed by atoms with van der Waals surface area (Å²) in [6, 6.07) is 13.5. The molecule has 1 heterocycles. The van der Waals surface area contributed by atoms with E-state index in [4.69, 9.17) is 0 Å². The topological polar surface area (TPSA) is 66.5 Å². The smallest absolute Gasteiger partial charge is 0.251 e. The van der Waals surface area contributed by atoms with Gasteiger partial charge in [-0.05, 0) is 49.4 Å². The van der Waals surface area contributed by atoms with Gasteiger partial charge in [0, 0.05) is 25.2 Å². The predicted molar refractivity (Wildman–Crippen MR) is 106 cm³/mol. The molecule has 0 atom stereocenters. The molecule has 1 N–H and O–H groups in total. The van der Waals surface area contributed by atoms with Gasteiger partial charge in [-0.3, -0.25) is 4.79 Å². The third kappa shape index (κ3) is 4.97. The minimum absolute atomic E-state index is 0.150. The highest BCUT2D eigenvalue weighted by Crippen LogP contribution is 2.24. The van der Waals surface area contributed by atoms with Gasteiger partial charge in [-0.2, -0.15) is 4.31 Å². The number of halogens is 1. The van der Waals surface area contributed by atoms with Crippen LogP contribution in [0.3, 0.4) is 0 Å². The van der Waals surface area contributed by atoms with Crippen LogP contribution in [0.4, 0.5) is 4.39 Å². The maximum absolute atomic E-state index is 14.2. The minimum Gasteiger partial charge on any atom is -0.352 e. The number of nitrogens with zero attached hydrogens (tertiary/aromatic N) is 1. The molecule has 5 nitrogen and oxygen atoms in total. The molecule has 0 radical (unpaired) electrons. The number of amides is 1. The Balaban J connectivity index is 1.64. The molecule has 28 heavy (non-hydrogen) atoms. The summed E-state index contributed by atoms with van der Waals surface area (Å²) in [6.07, 6.45) is 4.10. The summed E-state index contributed by atoms with van der Waals surface area (Å²) in [4.78, 5) is 12.0. The molecule has 1 amide bonds. The van der Waals surface area contributed by atoms with E-state index in [1.54, 1.807) is 0 Å². The number of benzene rings is 2. The zero-order valence-electron chi connectivity index (χ0n) is 15.7. The third-order valence-corrected chi connectivity index (χ3v) is 6.81. The summed E-state index contributed by atoms with van der Waals surface area (Å²) in [6.45, 7) is 1.23. The average molecular weight is 405 g/mol. The summed E-state index contributed by atoms with van der Waals surface area (Å²) in [7, 11) is -3.93. The van der Waals surface area contributed by atoms with E-state index >= 15 is 0 Å². The van der Waals surface area contributed by atoms with Gasteiger partial charge in [0.05, 0.1) is 0 Å². The highest BCUT2D eigenvalue weighted by molar-refractivity contribution is 7.89. The Bertz CT molecular complexity index is 911. The number of aryl methyl sites for hydroxylation is 1. The van der Waals surface area contributed by atoms with Crippen LogP contribution in [0.2, 0.25) is 0 Å². The van der Waals surface area contributed by atoms with Crippen molar-refractivity contribution in [1.29, 1.82) is 0 Å². The first-order chi connectivity index (χ1) is 13.5. The maximum atomic E-state index is 14.2. The summed E-state index contributed by atoms with van der Waals surface area (Å²) in [5, 5.41) is 2.78. The van der Waals surface area contributed by atoms with E-state index in [0.717, 1.165) is 44.2 Å². The number of carbonyl (C=O) groups excluding carboxylic acids is 1. The maximum Gasteiger partial charge on any atom is 0.251 e. The van der Waals surface area contributed by atoms with Gasteiger partial charge in [0.15, 0.2) is 0 Å². The summed E-state index contributed by atoms with van der Waals surface area (Å²) in [5.41, 5.74) is 1.34. The first-order valence-electron chi connectivity index (χ1n) is 9.60. The van der Waals surface area contributed by atoms with Gasteiger partial charge >= 0.3 is 0 Å². The van der Waals surface area contributed by atoms with Gasteiger partial charge in [0.2, 0.25) is 10.0 Å². The Kier molecular flexibility index (Phi) is 6.80. The second kappa shape index (κ2) is 9.30. The fraction of sp³-hybridized carbons (Fsp3) is 0.381. The van der Waals surface area contributed by atoms with Gasteiger partial charge < -0.3 is 5.32 Å². The second-order valence-corrected chi connectivity index (χ2v) is 8.86. The molecular weight excluding hydrogens is 379 g/mol. The number of rotatable bonds is 7. The molecule has 0 bridgehead atoms. The lowest BCUT2D eigenvalue weighted by atomic mass is 10.1. The molecule has 1 fully saturated rings. The van der Waals surface area contributed by atoms with Crippen LogP contribution in [0.15, 0.2) is 53.4 Å². The van der Waals surface area contributed by atoms with E-state index in [0.29, 0.717) is 19.6 Å². The standard InChI is InChI=1S/C21H25FN2O3S/c22-19-12-11-18(16-20(19)28(26,27)24-14-5-2-6-15-24)21(25)23-13-7-10-17-8-3-1-4-9-17/h1,3-4,8-9,11-12,16H,2,5-7,10,13-15H2,(H,23,25). The number of nitrogens with one attached hydrogen (secondary N) is 1. The molecule has 0 aromatic heterocycles. The first kappa shape index (κ1) is 20.5. The number of carbonyl (C=O) groups is 1. The zero-order chi connectivity index (χ0) is 20.0. The molecule has 1 saturated heterocycles. The minimum atomic E-state index is -3.93. The Labute approximate surface area is 165 Å². The van der Waals surface area contributed by atoms with Crippen LogP contribution < -0.4 is 5.32 Å². The summed E-state index contributed by atoms with van der Waals surface area (Å²) in [5.74, 6) is -1.23. The second-order valence-electron chi connectivity index (χ2n) is 6.95. The van der Waals surface area contributed by atoms with E-state index < -0.39 is 26.6 Å². The highest BCUT2D eigenvalue weighted by atomic mass is 32.2. The third-order valence-electron chi connectivity index (χ3n) is 4.90. The van der Waals surface area contributed by atoms with Crippen molar-refractivity contribution in [2.24, 2.45) is 0 Å². The van der Waals surface area contributed by atoms with Crippen molar-refractivity contribution in [1.82, 2.24) is 9.62 Å². The lowest BCUT2D eigenvalue weighted by Crippen LogP contribution is -2.36. The fourth-order valence-electron chi connectivity index (χ4n) is 3.33.